The molecule has 1 aromatic rings. The zero-order valence-corrected chi connectivity index (χ0v) is 9.33. The van der Waals surface area contributed by atoms with E-state index >= 15 is 0 Å². The number of carboxylic acid groups (broad SMARTS) is 1. The number of benzene rings is 1. The molecule has 0 aromatic heterocycles. The van der Waals surface area contributed by atoms with Crippen molar-refractivity contribution in [1.82, 2.24) is 0 Å². The number of aliphatic carboxylic acids is 1. The molecule has 0 radical (unpaired) electrons. The molecular formula is C12H12N2O3. The quantitative estimate of drug-likeness (QED) is 0.853. The van der Waals surface area contributed by atoms with E-state index in [4.69, 9.17) is 5.11 Å². The Labute approximate surface area is 98.4 Å². The number of carbonyl (C=O) groups excluding carboxylic acids is 1. The molecule has 0 saturated carbocycles. The van der Waals surface area contributed by atoms with Crippen LogP contribution in [0.2, 0.25) is 0 Å². The maximum Gasteiger partial charge on any atom is 0.307 e. The molecule has 5 heteroatoms. The molecule has 1 aliphatic heterocycles. The number of rotatable bonds is 3. The topological polar surface area (TPSA) is 70.0 Å². The predicted octanol–water partition coefficient (Wildman–Crippen LogP) is 1.28. The molecule has 1 unspecified atom stereocenters. The molecule has 0 saturated heterocycles. The Morgan fingerprint density at radius 2 is 2.18 bits per heavy atom. The summed E-state index contributed by atoms with van der Waals surface area (Å²) in [6.45, 7) is 1.76. The Kier molecular flexibility index (Phi) is 2.91. The van der Waals surface area contributed by atoms with Crippen LogP contribution in [0.4, 0.5) is 5.69 Å². The third kappa shape index (κ3) is 2.18. The van der Waals surface area contributed by atoms with Crippen LogP contribution in [0.1, 0.15) is 12.5 Å². The average Bonchev–Trinajstić information content (AvgIpc) is 2.60. The number of hydrogen-bond acceptors (Lipinski definition) is 3. The van der Waals surface area contributed by atoms with E-state index in [1.165, 1.54) is 5.01 Å². The number of carboxylic acids is 1. The number of nitrogens with zero attached hydrogens (tertiary/aromatic N) is 2. The molecule has 2 rings (SSSR count). The van der Waals surface area contributed by atoms with Crippen LogP contribution in [0.25, 0.3) is 0 Å². The maximum atomic E-state index is 11.8. The summed E-state index contributed by atoms with van der Waals surface area (Å²) < 4.78 is 0. The second-order valence-electron chi connectivity index (χ2n) is 3.90. The molecule has 88 valence electrons. The van der Waals surface area contributed by atoms with Gasteiger partial charge < -0.3 is 5.11 Å². The average molecular weight is 232 g/mol. The van der Waals surface area contributed by atoms with Crippen molar-refractivity contribution < 1.29 is 14.7 Å². The lowest BCUT2D eigenvalue weighted by Gasteiger charge is -2.16. The molecule has 0 bridgehead atoms. The molecule has 1 amide bonds. The van der Waals surface area contributed by atoms with Gasteiger partial charge >= 0.3 is 5.97 Å². The first-order chi connectivity index (χ1) is 8.09. The SMILES string of the molecule is CC1C=NN(c2ccccc2CC(=O)O)C1=O. The van der Waals surface area contributed by atoms with Gasteiger partial charge in [0.15, 0.2) is 0 Å². The van der Waals surface area contributed by atoms with Gasteiger partial charge in [-0.3, -0.25) is 9.59 Å². The summed E-state index contributed by atoms with van der Waals surface area (Å²) in [5.41, 5.74) is 1.13. The first-order valence-corrected chi connectivity index (χ1v) is 5.27. The van der Waals surface area contributed by atoms with Crippen LogP contribution >= 0.6 is 0 Å². The Hall–Kier alpha value is -2.17. The van der Waals surface area contributed by atoms with Crippen LogP contribution < -0.4 is 5.01 Å². The van der Waals surface area contributed by atoms with E-state index < -0.39 is 5.97 Å². The fraction of sp³-hybridized carbons (Fsp3) is 0.250. The number of carbonyl (C=O) groups is 2. The van der Waals surface area contributed by atoms with Gasteiger partial charge in [0, 0.05) is 6.21 Å². The van der Waals surface area contributed by atoms with Gasteiger partial charge in [-0.2, -0.15) is 5.10 Å². The summed E-state index contributed by atoms with van der Waals surface area (Å²) in [7, 11) is 0. The highest BCUT2D eigenvalue weighted by atomic mass is 16.4. The fourth-order valence-corrected chi connectivity index (χ4v) is 1.69. The summed E-state index contributed by atoms with van der Waals surface area (Å²) >= 11 is 0. The smallest absolute Gasteiger partial charge is 0.307 e. The minimum absolute atomic E-state index is 0.121. The molecule has 1 heterocycles. The molecule has 0 aliphatic carbocycles. The Morgan fingerprint density at radius 3 is 2.76 bits per heavy atom. The molecule has 1 aliphatic rings. The van der Waals surface area contributed by atoms with Crippen molar-refractivity contribution in [3.8, 4) is 0 Å². The van der Waals surface area contributed by atoms with Crippen molar-refractivity contribution >= 4 is 23.8 Å². The van der Waals surface area contributed by atoms with Crippen molar-refractivity contribution in [2.45, 2.75) is 13.3 Å². The lowest BCUT2D eigenvalue weighted by Crippen LogP contribution is -2.25. The van der Waals surface area contributed by atoms with Crippen LogP contribution in [-0.4, -0.2) is 23.2 Å². The van der Waals surface area contributed by atoms with Gasteiger partial charge in [-0.15, -0.1) is 0 Å². The molecule has 17 heavy (non-hydrogen) atoms. The zero-order valence-electron chi connectivity index (χ0n) is 9.33. The summed E-state index contributed by atoms with van der Waals surface area (Å²) in [6.07, 6.45) is 1.43. The summed E-state index contributed by atoms with van der Waals surface area (Å²) in [6, 6.07) is 6.89. The molecule has 0 spiro atoms. The number of hydrogen-bond donors (Lipinski definition) is 1. The second-order valence-corrected chi connectivity index (χ2v) is 3.90. The van der Waals surface area contributed by atoms with E-state index in [1.807, 2.05) is 0 Å². The van der Waals surface area contributed by atoms with E-state index in [0.717, 1.165) is 0 Å². The second kappa shape index (κ2) is 4.37. The zero-order chi connectivity index (χ0) is 12.4. The number of hydrazone groups is 1. The minimum Gasteiger partial charge on any atom is -0.481 e. The van der Waals surface area contributed by atoms with E-state index in [1.54, 1.807) is 37.4 Å². The first-order valence-electron chi connectivity index (χ1n) is 5.27. The van der Waals surface area contributed by atoms with Gasteiger partial charge in [-0.05, 0) is 18.6 Å². The summed E-state index contributed by atoms with van der Waals surface area (Å²) in [5.74, 6) is -1.32. The van der Waals surface area contributed by atoms with Gasteiger partial charge in [-0.1, -0.05) is 18.2 Å². The van der Waals surface area contributed by atoms with Crippen molar-refractivity contribution in [3.05, 3.63) is 29.8 Å². The fourth-order valence-electron chi connectivity index (χ4n) is 1.69. The van der Waals surface area contributed by atoms with Crippen molar-refractivity contribution in [1.29, 1.82) is 0 Å². The van der Waals surface area contributed by atoms with Gasteiger partial charge in [0.1, 0.15) is 0 Å². The normalized spacial score (nSPS) is 18.8. The molecule has 5 nitrogen and oxygen atoms in total. The van der Waals surface area contributed by atoms with Crippen molar-refractivity contribution in [2.75, 3.05) is 5.01 Å². The highest BCUT2D eigenvalue weighted by Gasteiger charge is 2.27. The van der Waals surface area contributed by atoms with Gasteiger partial charge in [0.25, 0.3) is 5.91 Å². The van der Waals surface area contributed by atoms with Crippen LogP contribution in [0.3, 0.4) is 0 Å². The molecule has 1 atom stereocenters. The lowest BCUT2D eigenvalue weighted by molar-refractivity contribution is -0.136. The highest BCUT2D eigenvalue weighted by Crippen LogP contribution is 2.25. The minimum atomic E-state index is -0.930. The molecule has 1 N–H and O–H groups in total. The summed E-state index contributed by atoms with van der Waals surface area (Å²) in [4.78, 5) is 22.5. The predicted molar refractivity (Wildman–Crippen MR) is 62.9 cm³/mol. The van der Waals surface area contributed by atoms with Crippen LogP contribution in [-0.2, 0) is 16.0 Å². The molecule has 1 aromatic carbocycles. The van der Waals surface area contributed by atoms with Gasteiger partial charge in [0.05, 0.1) is 18.0 Å². The lowest BCUT2D eigenvalue weighted by atomic mass is 10.1. The van der Waals surface area contributed by atoms with Crippen LogP contribution in [0.5, 0.6) is 0 Å². The summed E-state index contributed by atoms with van der Waals surface area (Å²) in [5, 5.41) is 14.1. The number of anilines is 1. The Bertz CT molecular complexity index is 496. The van der Waals surface area contributed by atoms with E-state index in [9.17, 15) is 9.59 Å². The monoisotopic (exact) mass is 232 g/mol. The molecular weight excluding hydrogens is 220 g/mol. The maximum absolute atomic E-state index is 11.8. The number of para-hydroxylation sites is 1. The standard InChI is InChI=1S/C12H12N2O3/c1-8-7-13-14(12(8)17)10-5-3-2-4-9(10)6-11(15)16/h2-5,7-8H,6H2,1H3,(H,15,16). The largest absolute Gasteiger partial charge is 0.481 e. The van der Waals surface area contributed by atoms with Gasteiger partial charge in [-0.25, -0.2) is 5.01 Å². The van der Waals surface area contributed by atoms with Crippen molar-refractivity contribution in [2.24, 2.45) is 11.0 Å². The highest BCUT2D eigenvalue weighted by molar-refractivity contribution is 6.08. The first kappa shape index (κ1) is 11.3. The third-order valence-corrected chi connectivity index (χ3v) is 2.57. The van der Waals surface area contributed by atoms with E-state index in [0.29, 0.717) is 11.3 Å². The Morgan fingerprint density at radius 1 is 1.47 bits per heavy atom. The number of amides is 1. The van der Waals surface area contributed by atoms with Gasteiger partial charge in [0.2, 0.25) is 0 Å². The van der Waals surface area contributed by atoms with Crippen LogP contribution in [0, 0.1) is 5.92 Å². The van der Waals surface area contributed by atoms with Crippen LogP contribution in [0.15, 0.2) is 29.4 Å². The van der Waals surface area contributed by atoms with Crippen molar-refractivity contribution in [3.63, 3.8) is 0 Å². The Balaban J connectivity index is 2.35. The molecule has 0 fully saturated rings. The van der Waals surface area contributed by atoms with E-state index in [2.05, 4.69) is 5.10 Å². The third-order valence-electron chi connectivity index (χ3n) is 2.57. The van der Waals surface area contributed by atoms with E-state index in [-0.39, 0.29) is 18.2 Å².